The molecule has 24 heavy (non-hydrogen) atoms. The number of hydrogen-bond acceptors (Lipinski definition) is 4. The molecule has 0 atom stereocenters. The van der Waals surface area contributed by atoms with Crippen molar-refractivity contribution in [3.63, 3.8) is 0 Å². The first-order valence-electron chi connectivity index (χ1n) is 8.31. The van der Waals surface area contributed by atoms with Crippen LogP contribution in [-0.4, -0.2) is 42.2 Å². The SMILES string of the molecule is O=C(NCC1(CCO)CCCCC1)c1ccnc(OCC(F)F)c1. The molecule has 0 unspecified atom stereocenters. The maximum absolute atomic E-state index is 12.3. The number of rotatable bonds is 8. The van der Waals surface area contributed by atoms with Crippen molar-refractivity contribution in [2.45, 2.75) is 45.0 Å². The summed E-state index contributed by atoms with van der Waals surface area (Å²) in [6.07, 6.45) is 4.84. The fraction of sp³-hybridized carbons (Fsp3) is 0.647. The predicted molar refractivity (Wildman–Crippen MR) is 85.3 cm³/mol. The predicted octanol–water partition coefficient (Wildman–Crippen LogP) is 2.79. The third-order valence-corrected chi connectivity index (χ3v) is 4.53. The van der Waals surface area contributed by atoms with Crippen LogP contribution in [0.4, 0.5) is 8.78 Å². The summed E-state index contributed by atoms with van der Waals surface area (Å²) in [4.78, 5) is 16.1. The fourth-order valence-electron chi connectivity index (χ4n) is 3.20. The quantitative estimate of drug-likeness (QED) is 0.762. The molecule has 0 aliphatic heterocycles. The van der Waals surface area contributed by atoms with Gasteiger partial charge in [-0.25, -0.2) is 13.8 Å². The van der Waals surface area contributed by atoms with Gasteiger partial charge < -0.3 is 15.2 Å². The molecule has 134 valence electrons. The zero-order valence-electron chi connectivity index (χ0n) is 13.6. The lowest BCUT2D eigenvalue weighted by Gasteiger charge is -2.37. The number of amides is 1. The molecule has 1 aromatic heterocycles. The average Bonchev–Trinajstić information content (AvgIpc) is 2.59. The van der Waals surface area contributed by atoms with Gasteiger partial charge >= 0.3 is 0 Å². The molecular weight excluding hydrogens is 318 g/mol. The Hall–Kier alpha value is -1.76. The van der Waals surface area contributed by atoms with E-state index in [0.717, 1.165) is 25.7 Å². The third-order valence-electron chi connectivity index (χ3n) is 4.53. The number of aliphatic hydroxyl groups is 1. The lowest BCUT2D eigenvalue weighted by molar-refractivity contribution is 0.0793. The van der Waals surface area contributed by atoms with Crippen LogP contribution in [0.15, 0.2) is 18.3 Å². The number of carbonyl (C=O) groups is 1. The maximum atomic E-state index is 12.3. The van der Waals surface area contributed by atoms with Crippen molar-refractivity contribution < 1.29 is 23.4 Å². The topological polar surface area (TPSA) is 71.5 Å². The monoisotopic (exact) mass is 342 g/mol. The van der Waals surface area contributed by atoms with E-state index < -0.39 is 13.0 Å². The number of nitrogens with zero attached hydrogens (tertiary/aromatic N) is 1. The van der Waals surface area contributed by atoms with E-state index in [1.165, 1.54) is 24.8 Å². The van der Waals surface area contributed by atoms with E-state index in [1.54, 1.807) is 0 Å². The Kier molecular flexibility index (Phi) is 6.90. The first-order chi connectivity index (χ1) is 11.5. The number of aliphatic hydroxyl groups excluding tert-OH is 1. The first-order valence-corrected chi connectivity index (χ1v) is 8.31. The number of pyridine rings is 1. The van der Waals surface area contributed by atoms with Crippen molar-refractivity contribution in [2.24, 2.45) is 5.41 Å². The van der Waals surface area contributed by atoms with Crippen LogP contribution in [-0.2, 0) is 0 Å². The van der Waals surface area contributed by atoms with Crippen molar-refractivity contribution in [3.05, 3.63) is 23.9 Å². The Labute approximate surface area is 140 Å². The summed E-state index contributed by atoms with van der Waals surface area (Å²) in [5, 5.41) is 12.2. The highest BCUT2D eigenvalue weighted by molar-refractivity contribution is 5.94. The number of alkyl halides is 2. The van der Waals surface area contributed by atoms with Gasteiger partial charge in [0.25, 0.3) is 12.3 Å². The number of carbonyl (C=O) groups excluding carboxylic acids is 1. The van der Waals surface area contributed by atoms with E-state index >= 15 is 0 Å². The van der Waals surface area contributed by atoms with Gasteiger partial charge in [0.15, 0.2) is 6.61 Å². The lowest BCUT2D eigenvalue weighted by Crippen LogP contribution is -2.39. The van der Waals surface area contributed by atoms with Gasteiger partial charge in [-0.05, 0) is 30.7 Å². The van der Waals surface area contributed by atoms with Crippen molar-refractivity contribution in [2.75, 3.05) is 19.8 Å². The molecular formula is C17H24F2N2O3. The summed E-state index contributed by atoms with van der Waals surface area (Å²) in [6.45, 7) is -0.142. The van der Waals surface area contributed by atoms with Crippen molar-refractivity contribution in [1.82, 2.24) is 10.3 Å². The highest BCUT2D eigenvalue weighted by Crippen LogP contribution is 2.38. The molecule has 1 aliphatic rings. The van der Waals surface area contributed by atoms with Crippen molar-refractivity contribution in [3.8, 4) is 5.88 Å². The van der Waals surface area contributed by atoms with Crippen LogP contribution in [0, 0.1) is 5.41 Å². The normalized spacial score (nSPS) is 16.8. The number of nitrogens with one attached hydrogen (secondary N) is 1. The highest BCUT2D eigenvalue weighted by Gasteiger charge is 2.31. The van der Waals surface area contributed by atoms with E-state index in [9.17, 15) is 18.7 Å². The van der Waals surface area contributed by atoms with E-state index in [2.05, 4.69) is 10.3 Å². The molecule has 1 heterocycles. The number of ether oxygens (including phenoxy) is 1. The van der Waals surface area contributed by atoms with Gasteiger partial charge in [0.05, 0.1) is 0 Å². The molecule has 2 rings (SSSR count). The van der Waals surface area contributed by atoms with Crippen molar-refractivity contribution in [1.29, 1.82) is 0 Å². The van der Waals surface area contributed by atoms with E-state index in [-0.39, 0.29) is 23.8 Å². The second-order valence-corrected chi connectivity index (χ2v) is 6.30. The molecule has 1 amide bonds. The minimum Gasteiger partial charge on any atom is -0.472 e. The van der Waals surface area contributed by atoms with Gasteiger partial charge in [-0.3, -0.25) is 4.79 Å². The molecule has 0 bridgehead atoms. The van der Waals surface area contributed by atoms with Gasteiger partial charge in [0, 0.05) is 31.0 Å². The molecule has 1 fully saturated rings. The van der Waals surface area contributed by atoms with E-state index in [4.69, 9.17) is 4.74 Å². The molecule has 0 spiro atoms. The van der Waals surface area contributed by atoms with Crippen LogP contribution < -0.4 is 10.1 Å². The molecule has 0 aromatic carbocycles. The third kappa shape index (κ3) is 5.40. The number of halogens is 2. The Bertz CT molecular complexity index is 529. The molecule has 1 aromatic rings. The van der Waals surface area contributed by atoms with Crippen LogP contribution in [0.3, 0.4) is 0 Å². The van der Waals surface area contributed by atoms with Crippen LogP contribution >= 0.6 is 0 Å². The standard InChI is InChI=1S/C17H24F2N2O3/c18-14(19)11-24-15-10-13(4-8-20-15)16(23)21-12-17(7-9-22)5-2-1-3-6-17/h4,8,10,14,22H,1-3,5-7,9,11-12H2,(H,21,23). The van der Waals surface area contributed by atoms with Crippen molar-refractivity contribution >= 4 is 5.91 Å². The zero-order valence-corrected chi connectivity index (χ0v) is 13.6. The minimum atomic E-state index is -2.59. The van der Waals surface area contributed by atoms with Crippen LogP contribution in [0.25, 0.3) is 0 Å². The smallest absolute Gasteiger partial charge is 0.272 e. The second-order valence-electron chi connectivity index (χ2n) is 6.30. The maximum Gasteiger partial charge on any atom is 0.272 e. The minimum absolute atomic E-state index is 0.00527. The Morgan fingerprint density at radius 1 is 1.38 bits per heavy atom. The van der Waals surface area contributed by atoms with Gasteiger partial charge in [0.2, 0.25) is 5.88 Å². The number of hydrogen-bond donors (Lipinski definition) is 2. The van der Waals surface area contributed by atoms with E-state index in [1.807, 2.05) is 0 Å². The number of aromatic nitrogens is 1. The van der Waals surface area contributed by atoms with Gasteiger partial charge in [-0.1, -0.05) is 19.3 Å². The van der Waals surface area contributed by atoms with Gasteiger partial charge in [0.1, 0.15) is 0 Å². The average molecular weight is 342 g/mol. The molecule has 2 N–H and O–H groups in total. The summed E-state index contributed by atoms with van der Waals surface area (Å²) in [5.74, 6) is -0.284. The van der Waals surface area contributed by atoms with Crippen LogP contribution in [0.5, 0.6) is 5.88 Å². The largest absolute Gasteiger partial charge is 0.472 e. The Morgan fingerprint density at radius 2 is 2.12 bits per heavy atom. The Morgan fingerprint density at radius 3 is 2.79 bits per heavy atom. The molecule has 7 heteroatoms. The fourth-order valence-corrected chi connectivity index (χ4v) is 3.20. The molecule has 0 radical (unpaired) electrons. The van der Waals surface area contributed by atoms with Crippen LogP contribution in [0.1, 0.15) is 48.9 Å². The zero-order chi connectivity index (χ0) is 17.4. The highest BCUT2D eigenvalue weighted by atomic mass is 19.3. The van der Waals surface area contributed by atoms with E-state index in [0.29, 0.717) is 18.5 Å². The Balaban J connectivity index is 1.94. The summed E-state index contributed by atoms with van der Waals surface area (Å²) < 4.78 is 29.2. The summed E-state index contributed by atoms with van der Waals surface area (Å²) in [6, 6.07) is 2.88. The summed E-state index contributed by atoms with van der Waals surface area (Å²) in [7, 11) is 0. The molecule has 1 aliphatic carbocycles. The summed E-state index contributed by atoms with van der Waals surface area (Å²) in [5.41, 5.74) is 0.272. The molecule has 5 nitrogen and oxygen atoms in total. The second kappa shape index (κ2) is 8.92. The first kappa shape index (κ1) is 18.6. The van der Waals surface area contributed by atoms with Crippen LogP contribution in [0.2, 0.25) is 0 Å². The molecule has 1 saturated carbocycles. The van der Waals surface area contributed by atoms with Gasteiger partial charge in [-0.2, -0.15) is 0 Å². The lowest BCUT2D eigenvalue weighted by atomic mass is 9.72. The summed E-state index contributed by atoms with van der Waals surface area (Å²) >= 11 is 0. The molecule has 0 saturated heterocycles. The van der Waals surface area contributed by atoms with Gasteiger partial charge in [-0.15, -0.1) is 0 Å².